The molecule has 0 radical (unpaired) electrons. The van der Waals surface area contributed by atoms with E-state index >= 15 is 0 Å². The Bertz CT molecular complexity index is 664. The third-order valence-corrected chi connectivity index (χ3v) is 6.33. The van der Waals surface area contributed by atoms with Gasteiger partial charge in [-0.3, -0.25) is 4.90 Å². The zero-order valence-electron chi connectivity index (χ0n) is 16.6. The summed E-state index contributed by atoms with van der Waals surface area (Å²) in [5, 5.41) is 9.98. The summed E-state index contributed by atoms with van der Waals surface area (Å²) >= 11 is 0. The Labute approximate surface area is 168 Å². The number of morpholine rings is 1. The molecule has 2 aliphatic heterocycles. The smallest absolute Gasteiger partial charge is 0.0594 e. The van der Waals surface area contributed by atoms with Gasteiger partial charge in [0, 0.05) is 51.8 Å². The van der Waals surface area contributed by atoms with Crippen molar-refractivity contribution in [3.05, 3.63) is 71.8 Å². The normalized spacial score (nSPS) is 24.1. The molecule has 0 amide bonds. The third-order valence-electron chi connectivity index (χ3n) is 6.33. The second-order valence-corrected chi connectivity index (χ2v) is 8.21. The van der Waals surface area contributed by atoms with Crippen LogP contribution >= 0.6 is 0 Å². The maximum absolute atomic E-state index is 9.98. The van der Waals surface area contributed by atoms with Crippen molar-refractivity contribution in [2.75, 3.05) is 59.1 Å². The lowest BCUT2D eigenvalue weighted by molar-refractivity contribution is 0.0265. The number of hydrogen-bond donors (Lipinski definition) is 1. The van der Waals surface area contributed by atoms with Crippen LogP contribution in [0.4, 0.5) is 0 Å². The first kappa shape index (κ1) is 19.6. The summed E-state index contributed by atoms with van der Waals surface area (Å²) in [5.74, 6) is 1.27. The molecule has 2 aliphatic rings. The molecule has 2 fully saturated rings. The van der Waals surface area contributed by atoms with E-state index in [1.807, 2.05) is 0 Å². The van der Waals surface area contributed by atoms with Gasteiger partial charge in [-0.1, -0.05) is 60.7 Å². The van der Waals surface area contributed by atoms with Gasteiger partial charge in [-0.25, -0.2) is 0 Å². The van der Waals surface area contributed by atoms with Crippen molar-refractivity contribution in [3.8, 4) is 0 Å². The average Bonchev–Trinajstić information content (AvgIpc) is 3.15. The zero-order chi connectivity index (χ0) is 19.2. The molecule has 0 spiro atoms. The molecule has 0 unspecified atom stereocenters. The largest absolute Gasteiger partial charge is 0.396 e. The highest BCUT2D eigenvalue weighted by Crippen LogP contribution is 2.30. The minimum absolute atomic E-state index is 0.285. The molecule has 0 aromatic heterocycles. The molecule has 150 valence electrons. The van der Waals surface area contributed by atoms with Crippen molar-refractivity contribution >= 4 is 0 Å². The van der Waals surface area contributed by atoms with Crippen molar-refractivity contribution in [2.45, 2.75) is 5.92 Å². The molecule has 4 nitrogen and oxygen atoms in total. The van der Waals surface area contributed by atoms with Gasteiger partial charge in [0.05, 0.1) is 13.2 Å². The quantitative estimate of drug-likeness (QED) is 0.801. The van der Waals surface area contributed by atoms with Gasteiger partial charge in [-0.05, 0) is 23.0 Å². The summed E-state index contributed by atoms with van der Waals surface area (Å²) in [6, 6.07) is 21.7. The lowest BCUT2D eigenvalue weighted by Crippen LogP contribution is -2.41. The van der Waals surface area contributed by atoms with Crippen LogP contribution in [0.5, 0.6) is 0 Å². The van der Waals surface area contributed by atoms with E-state index < -0.39 is 0 Å². The molecule has 2 heterocycles. The molecule has 2 saturated heterocycles. The number of aliphatic hydroxyl groups is 1. The molecule has 4 heteroatoms. The van der Waals surface area contributed by atoms with Crippen LogP contribution in [0.2, 0.25) is 0 Å². The molecular formula is C24H32N2O2. The van der Waals surface area contributed by atoms with Gasteiger partial charge >= 0.3 is 0 Å². The second kappa shape index (κ2) is 9.66. The minimum Gasteiger partial charge on any atom is -0.396 e. The second-order valence-electron chi connectivity index (χ2n) is 8.21. The topological polar surface area (TPSA) is 35.9 Å². The predicted molar refractivity (Wildman–Crippen MR) is 112 cm³/mol. The summed E-state index contributed by atoms with van der Waals surface area (Å²) in [4.78, 5) is 5.07. The van der Waals surface area contributed by atoms with E-state index in [0.717, 1.165) is 52.5 Å². The van der Waals surface area contributed by atoms with Crippen molar-refractivity contribution in [1.29, 1.82) is 0 Å². The van der Waals surface area contributed by atoms with Gasteiger partial charge in [0.15, 0.2) is 0 Å². The number of nitrogens with zero attached hydrogens (tertiary/aromatic N) is 2. The number of likely N-dealkylation sites (tertiary alicyclic amines) is 1. The van der Waals surface area contributed by atoms with Crippen molar-refractivity contribution in [3.63, 3.8) is 0 Å². The maximum atomic E-state index is 9.98. The van der Waals surface area contributed by atoms with Crippen LogP contribution in [-0.2, 0) is 4.74 Å². The number of rotatable bonds is 7. The number of ether oxygens (including phenoxy) is 1. The Morgan fingerprint density at radius 2 is 1.39 bits per heavy atom. The van der Waals surface area contributed by atoms with Crippen molar-refractivity contribution < 1.29 is 9.84 Å². The number of aliphatic hydroxyl groups excluding tert-OH is 1. The molecule has 0 saturated carbocycles. The first-order valence-electron chi connectivity index (χ1n) is 10.6. The molecule has 0 aliphatic carbocycles. The molecule has 4 rings (SSSR count). The van der Waals surface area contributed by atoms with E-state index in [9.17, 15) is 5.11 Å². The van der Waals surface area contributed by atoms with Crippen molar-refractivity contribution in [2.24, 2.45) is 11.8 Å². The van der Waals surface area contributed by atoms with Gasteiger partial charge in [-0.2, -0.15) is 0 Å². The highest BCUT2D eigenvalue weighted by molar-refractivity contribution is 5.32. The van der Waals surface area contributed by atoms with Crippen LogP contribution in [0.3, 0.4) is 0 Å². The van der Waals surface area contributed by atoms with Crippen LogP contribution in [0.1, 0.15) is 17.0 Å². The number of benzene rings is 2. The van der Waals surface area contributed by atoms with E-state index in [0.29, 0.717) is 17.8 Å². The van der Waals surface area contributed by atoms with E-state index in [2.05, 4.69) is 70.5 Å². The molecule has 2 aromatic rings. The molecule has 28 heavy (non-hydrogen) atoms. The number of hydrogen-bond acceptors (Lipinski definition) is 4. The average molecular weight is 381 g/mol. The molecule has 1 N–H and O–H groups in total. The lowest BCUT2D eigenvalue weighted by Gasteiger charge is -2.30. The molecule has 2 aromatic carbocycles. The van der Waals surface area contributed by atoms with Crippen LogP contribution in [-0.4, -0.2) is 74.0 Å². The predicted octanol–water partition coefficient (Wildman–Crippen LogP) is 2.69. The van der Waals surface area contributed by atoms with Gasteiger partial charge < -0.3 is 14.7 Å². The standard InChI is InChI=1S/C24H32N2O2/c27-19-23-17-26(16-22(23)15-25-11-13-28-14-12-25)18-24(20-7-3-1-4-8-20)21-9-5-2-6-10-21/h1-10,22-24,27H,11-19H2/t22-,23-/m1/s1. The monoisotopic (exact) mass is 380 g/mol. The summed E-state index contributed by atoms with van der Waals surface area (Å²) < 4.78 is 5.49. The Kier molecular flexibility index (Phi) is 6.76. The SMILES string of the molecule is OC[C@H]1CN(CC(c2ccccc2)c2ccccc2)C[C@H]1CN1CCOCC1. The van der Waals surface area contributed by atoms with Crippen LogP contribution < -0.4 is 0 Å². The lowest BCUT2D eigenvalue weighted by atomic mass is 9.91. The fourth-order valence-corrected chi connectivity index (χ4v) is 4.75. The molecule has 2 atom stereocenters. The van der Waals surface area contributed by atoms with Crippen LogP contribution in [0, 0.1) is 11.8 Å². The van der Waals surface area contributed by atoms with E-state index in [4.69, 9.17) is 4.74 Å². The maximum Gasteiger partial charge on any atom is 0.0594 e. The Hall–Kier alpha value is -1.72. The summed E-state index contributed by atoms with van der Waals surface area (Å²) in [7, 11) is 0. The Morgan fingerprint density at radius 3 is 1.96 bits per heavy atom. The van der Waals surface area contributed by atoms with Crippen LogP contribution in [0.25, 0.3) is 0 Å². The first-order valence-corrected chi connectivity index (χ1v) is 10.6. The van der Waals surface area contributed by atoms with Gasteiger partial charge in [0.2, 0.25) is 0 Å². The van der Waals surface area contributed by atoms with Gasteiger partial charge in [-0.15, -0.1) is 0 Å². The van der Waals surface area contributed by atoms with E-state index in [1.54, 1.807) is 0 Å². The van der Waals surface area contributed by atoms with E-state index in [1.165, 1.54) is 11.1 Å². The fourth-order valence-electron chi connectivity index (χ4n) is 4.75. The third kappa shape index (κ3) is 4.81. The highest BCUT2D eigenvalue weighted by Gasteiger charge is 2.35. The van der Waals surface area contributed by atoms with Crippen LogP contribution in [0.15, 0.2) is 60.7 Å². The Balaban J connectivity index is 1.46. The van der Waals surface area contributed by atoms with Gasteiger partial charge in [0.1, 0.15) is 0 Å². The molecule has 0 bridgehead atoms. The zero-order valence-corrected chi connectivity index (χ0v) is 16.6. The highest BCUT2D eigenvalue weighted by atomic mass is 16.5. The summed E-state index contributed by atoms with van der Waals surface area (Å²) in [5.41, 5.74) is 2.73. The minimum atomic E-state index is 0.285. The Morgan fingerprint density at radius 1 is 0.821 bits per heavy atom. The van der Waals surface area contributed by atoms with E-state index in [-0.39, 0.29) is 6.61 Å². The van der Waals surface area contributed by atoms with Crippen molar-refractivity contribution in [1.82, 2.24) is 9.80 Å². The first-order chi connectivity index (χ1) is 13.8. The fraction of sp³-hybridized carbons (Fsp3) is 0.500. The summed E-state index contributed by atoms with van der Waals surface area (Å²) in [6.07, 6.45) is 0. The van der Waals surface area contributed by atoms with Gasteiger partial charge in [0.25, 0.3) is 0 Å². The molecular weight excluding hydrogens is 348 g/mol. The summed E-state index contributed by atoms with van der Waals surface area (Å²) in [6.45, 7) is 8.13.